The Morgan fingerprint density at radius 3 is 2.52 bits per heavy atom. The minimum Gasteiger partial charge on any atom is -0.495 e. The van der Waals surface area contributed by atoms with Gasteiger partial charge in [0, 0.05) is 0 Å². The molecule has 2 aromatic carbocycles. The van der Waals surface area contributed by atoms with E-state index in [0.717, 1.165) is 5.56 Å². The smallest absolute Gasteiger partial charge is 0.347 e. The second-order valence-electron chi connectivity index (χ2n) is 5.76. The monoisotopic (exact) mass is 368 g/mol. The summed E-state index contributed by atoms with van der Waals surface area (Å²) in [6.45, 7) is 2.95. The Labute approximate surface area is 157 Å². The van der Waals surface area contributed by atoms with Gasteiger partial charge in [-0.1, -0.05) is 6.07 Å². The Hall–Kier alpha value is -3.53. The third-order valence-electron chi connectivity index (χ3n) is 3.60. The lowest BCUT2D eigenvalue weighted by Crippen LogP contribution is -2.29. The molecule has 0 aliphatic rings. The number of nitrogens with one attached hydrogen (secondary N) is 1. The second-order valence-corrected chi connectivity index (χ2v) is 5.76. The van der Waals surface area contributed by atoms with Gasteiger partial charge < -0.3 is 19.5 Å². The predicted molar refractivity (Wildman–Crippen MR) is 98.6 cm³/mol. The topological polar surface area (TPSA) is 97.7 Å². The van der Waals surface area contributed by atoms with Crippen LogP contribution in [0.2, 0.25) is 0 Å². The number of carbonyl (C=O) groups excluding carboxylic acids is 2. The van der Waals surface area contributed by atoms with Crippen LogP contribution >= 0.6 is 0 Å². The fourth-order valence-corrected chi connectivity index (χ4v) is 2.22. The van der Waals surface area contributed by atoms with E-state index < -0.39 is 24.6 Å². The summed E-state index contributed by atoms with van der Waals surface area (Å²) < 4.78 is 15.6. The number of hydrogen-bond acceptors (Lipinski definition) is 6. The third-order valence-corrected chi connectivity index (χ3v) is 3.60. The van der Waals surface area contributed by atoms with E-state index in [2.05, 4.69) is 5.32 Å². The van der Waals surface area contributed by atoms with Gasteiger partial charge in [0.15, 0.2) is 12.7 Å². The van der Waals surface area contributed by atoms with Crippen LogP contribution in [0, 0.1) is 18.3 Å². The largest absolute Gasteiger partial charge is 0.495 e. The zero-order valence-corrected chi connectivity index (χ0v) is 15.3. The second kappa shape index (κ2) is 9.25. The molecule has 0 radical (unpaired) electrons. The molecule has 1 amide bonds. The average molecular weight is 368 g/mol. The number of amides is 1. The fourth-order valence-electron chi connectivity index (χ4n) is 2.22. The molecule has 27 heavy (non-hydrogen) atoms. The number of hydrogen-bond donors (Lipinski definition) is 1. The molecule has 7 nitrogen and oxygen atoms in total. The number of anilines is 1. The Morgan fingerprint density at radius 1 is 1.19 bits per heavy atom. The van der Waals surface area contributed by atoms with E-state index in [1.54, 1.807) is 36.4 Å². The first-order valence-corrected chi connectivity index (χ1v) is 8.21. The summed E-state index contributed by atoms with van der Waals surface area (Å²) in [5, 5.41) is 11.4. The molecule has 0 fully saturated rings. The molecule has 1 N–H and O–H groups in total. The third kappa shape index (κ3) is 5.75. The molecule has 0 bridgehead atoms. The maximum Gasteiger partial charge on any atom is 0.347 e. The number of esters is 1. The van der Waals surface area contributed by atoms with E-state index in [-0.39, 0.29) is 0 Å². The molecule has 2 rings (SSSR count). The zero-order valence-electron chi connectivity index (χ0n) is 15.3. The van der Waals surface area contributed by atoms with Crippen LogP contribution in [0.15, 0.2) is 42.5 Å². The lowest BCUT2D eigenvalue weighted by Gasteiger charge is -2.14. The normalized spacial score (nSPS) is 11.0. The molecule has 1 atom stereocenters. The summed E-state index contributed by atoms with van der Waals surface area (Å²) in [5.74, 6) is -0.228. The van der Waals surface area contributed by atoms with E-state index in [1.165, 1.54) is 14.0 Å². The highest BCUT2D eigenvalue weighted by molar-refractivity contribution is 5.94. The Bertz CT molecular complexity index is 856. The van der Waals surface area contributed by atoms with Crippen LogP contribution in [0.4, 0.5) is 5.69 Å². The van der Waals surface area contributed by atoms with Gasteiger partial charge in [0.05, 0.1) is 24.4 Å². The van der Waals surface area contributed by atoms with Crippen LogP contribution < -0.4 is 14.8 Å². The number of carbonyl (C=O) groups is 2. The minimum atomic E-state index is -0.903. The van der Waals surface area contributed by atoms with Gasteiger partial charge in [-0.05, 0) is 55.8 Å². The zero-order chi connectivity index (χ0) is 19.8. The molecule has 7 heteroatoms. The van der Waals surface area contributed by atoms with Gasteiger partial charge in [-0.25, -0.2) is 4.79 Å². The highest BCUT2D eigenvalue weighted by Gasteiger charge is 2.18. The lowest BCUT2D eigenvalue weighted by atomic mass is 10.2. The maximum absolute atomic E-state index is 12.0. The Kier molecular flexibility index (Phi) is 6.78. The first-order chi connectivity index (χ1) is 12.9. The van der Waals surface area contributed by atoms with Gasteiger partial charge in [0.25, 0.3) is 5.91 Å². The molecule has 0 saturated heterocycles. The standard InChI is InChI=1S/C20H20N2O5/c1-13-4-9-18(25-3)17(10-13)22-19(23)12-26-20(24)14(2)27-16-7-5-15(11-21)6-8-16/h4-10,14H,12H2,1-3H3,(H,22,23)/t14-/m0/s1. The van der Waals surface area contributed by atoms with Crippen molar-refractivity contribution in [2.75, 3.05) is 19.0 Å². The van der Waals surface area contributed by atoms with Crippen LogP contribution in [-0.2, 0) is 14.3 Å². The summed E-state index contributed by atoms with van der Waals surface area (Å²) in [6, 6.07) is 13.7. The van der Waals surface area contributed by atoms with Crippen molar-refractivity contribution in [1.82, 2.24) is 0 Å². The fraction of sp³-hybridized carbons (Fsp3) is 0.250. The molecule has 0 heterocycles. The van der Waals surface area contributed by atoms with Crippen LogP contribution in [0.5, 0.6) is 11.5 Å². The van der Waals surface area contributed by atoms with Crippen molar-refractivity contribution in [3.05, 3.63) is 53.6 Å². The van der Waals surface area contributed by atoms with Gasteiger partial charge in [-0.2, -0.15) is 5.26 Å². The van der Waals surface area contributed by atoms with Crippen molar-refractivity contribution >= 4 is 17.6 Å². The molecule has 0 spiro atoms. The summed E-state index contributed by atoms with van der Waals surface area (Å²) in [6.07, 6.45) is -0.903. The summed E-state index contributed by atoms with van der Waals surface area (Å²) >= 11 is 0. The minimum absolute atomic E-state index is 0.424. The molecule has 0 aromatic heterocycles. The number of nitrogens with zero attached hydrogens (tertiary/aromatic N) is 1. The van der Waals surface area contributed by atoms with Crippen molar-refractivity contribution in [3.63, 3.8) is 0 Å². The molecular formula is C20H20N2O5. The quantitative estimate of drug-likeness (QED) is 0.755. The molecule has 0 unspecified atom stereocenters. The number of rotatable bonds is 7. The van der Waals surface area contributed by atoms with E-state index in [0.29, 0.717) is 22.7 Å². The van der Waals surface area contributed by atoms with Crippen molar-refractivity contribution < 1.29 is 23.8 Å². The number of aryl methyl sites for hydroxylation is 1. The summed E-state index contributed by atoms with van der Waals surface area (Å²) in [5.41, 5.74) is 1.94. The molecule has 2 aromatic rings. The first kappa shape index (κ1) is 19.8. The van der Waals surface area contributed by atoms with Crippen molar-refractivity contribution in [2.24, 2.45) is 0 Å². The first-order valence-electron chi connectivity index (χ1n) is 8.21. The van der Waals surface area contributed by atoms with E-state index in [4.69, 9.17) is 19.5 Å². The predicted octanol–water partition coefficient (Wildman–Crippen LogP) is 2.82. The van der Waals surface area contributed by atoms with Crippen molar-refractivity contribution in [1.29, 1.82) is 5.26 Å². The van der Waals surface area contributed by atoms with Crippen LogP contribution in [0.3, 0.4) is 0 Å². The van der Waals surface area contributed by atoms with Gasteiger partial charge in [0.1, 0.15) is 11.5 Å². The van der Waals surface area contributed by atoms with Crippen molar-refractivity contribution in [3.8, 4) is 17.6 Å². The van der Waals surface area contributed by atoms with Gasteiger partial charge in [-0.15, -0.1) is 0 Å². The molecule has 0 aliphatic heterocycles. The van der Waals surface area contributed by atoms with Crippen molar-refractivity contribution in [2.45, 2.75) is 20.0 Å². The molecule has 0 aliphatic carbocycles. The lowest BCUT2D eigenvalue weighted by molar-refractivity contribution is -0.153. The molecular weight excluding hydrogens is 348 g/mol. The van der Waals surface area contributed by atoms with E-state index >= 15 is 0 Å². The van der Waals surface area contributed by atoms with E-state index in [1.807, 2.05) is 19.1 Å². The number of nitriles is 1. The molecule has 140 valence electrons. The van der Waals surface area contributed by atoms with E-state index in [9.17, 15) is 9.59 Å². The maximum atomic E-state index is 12.0. The Morgan fingerprint density at radius 2 is 1.89 bits per heavy atom. The number of benzene rings is 2. The highest BCUT2D eigenvalue weighted by Crippen LogP contribution is 2.25. The van der Waals surface area contributed by atoms with Gasteiger partial charge in [-0.3, -0.25) is 4.79 Å². The highest BCUT2D eigenvalue weighted by atomic mass is 16.6. The number of methoxy groups -OCH3 is 1. The van der Waals surface area contributed by atoms with Gasteiger partial charge >= 0.3 is 5.97 Å². The van der Waals surface area contributed by atoms with Crippen LogP contribution in [0.25, 0.3) is 0 Å². The summed E-state index contributed by atoms with van der Waals surface area (Å²) in [4.78, 5) is 24.0. The number of ether oxygens (including phenoxy) is 3. The SMILES string of the molecule is COc1ccc(C)cc1NC(=O)COC(=O)[C@H](C)Oc1ccc(C#N)cc1. The van der Waals surface area contributed by atoms with Crippen LogP contribution in [-0.4, -0.2) is 31.7 Å². The molecule has 0 saturated carbocycles. The summed E-state index contributed by atoms with van der Waals surface area (Å²) in [7, 11) is 1.50. The average Bonchev–Trinajstić information content (AvgIpc) is 2.66. The van der Waals surface area contributed by atoms with Crippen LogP contribution in [0.1, 0.15) is 18.1 Å². The van der Waals surface area contributed by atoms with Gasteiger partial charge in [0.2, 0.25) is 0 Å². The Balaban J connectivity index is 1.86.